The molecule has 3 unspecified atom stereocenters. The molecule has 84 valence electrons. The Hall–Kier alpha value is -0.830. The number of aromatic nitrogens is 2. The minimum atomic E-state index is 0.648. The predicted octanol–water partition coefficient (Wildman–Crippen LogP) is 1.91. The van der Waals surface area contributed by atoms with Crippen LogP contribution in [0.4, 0.5) is 0 Å². The van der Waals surface area contributed by atoms with Gasteiger partial charge in [0.05, 0.1) is 5.69 Å². The van der Waals surface area contributed by atoms with Crippen molar-refractivity contribution in [1.29, 1.82) is 0 Å². The molecule has 0 bridgehead atoms. The van der Waals surface area contributed by atoms with Crippen LogP contribution in [0.2, 0.25) is 0 Å². The third-order valence-electron chi connectivity index (χ3n) is 3.64. The second-order valence-corrected chi connectivity index (χ2v) is 4.62. The van der Waals surface area contributed by atoms with Crippen LogP contribution in [-0.4, -0.2) is 22.4 Å². The Balaban J connectivity index is 2.06. The van der Waals surface area contributed by atoms with Crippen LogP contribution in [0, 0.1) is 5.92 Å². The molecule has 0 spiro atoms. The highest BCUT2D eigenvalue weighted by atomic mass is 15.2. The van der Waals surface area contributed by atoms with Crippen molar-refractivity contribution in [2.45, 2.75) is 38.6 Å². The van der Waals surface area contributed by atoms with Gasteiger partial charge in [-0.05, 0) is 31.4 Å². The summed E-state index contributed by atoms with van der Waals surface area (Å²) in [7, 11) is 1.99. The summed E-state index contributed by atoms with van der Waals surface area (Å²) in [5.41, 5.74) is 1.27. The van der Waals surface area contributed by atoms with Gasteiger partial charge in [0.25, 0.3) is 0 Å². The number of rotatable bonds is 3. The lowest BCUT2D eigenvalue weighted by Crippen LogP contribution is -2.32. The van der Waals surface area contributed by atoms with E-state index in [4.69, 9.17) is 0 Å². The summed E-state index contributed by atoms with van der Waals surface area (Å²) in [6, 6.07) is 2.84. The lowest BCUT2D eigenvalue weighted by atomic mass is 9.93. The van der Waals surface area contributed by atoms with Crippen LogP contribution in [0.15, 0.2) is 12.3 Å². The Morgan fingerprint density at radius 3 is 2.93 bits per heavy atom. The second-order valence-electron chi connectivity index (χ2n) is 4.62. The number of nitrogens with zero attached hydrogens (tertiary/aromatic N) is 2. The maximum atomic E-state index is 4.53. The molecule has 1 N–H and O–H groups in total. The molecule has 2 rings (SSSR count). The van der Waals surface area contributed by atoms with Gasteiger partial charge >= 0.3 is 0 Å². The van der Waals surface area contributed by atoms with Crippen molar-refractivity contribution in [3.05, 3.63) is 18.0 Å². The largest absolute Gasteiger partial charge is 0.314 e. The van der Waals surface area contributed by atoms with E-state index in [0.29, 0.717) is 17.9 Å². The molecule has 3 atom stereocenters. The first-order valence-electron chi connectivity index (χ1n) is 5.95. The van der Waals surface area contributed by atoms with Gasteiger partial charge in [0, 0.05) is 25.2 Å². The lowest BCUT2D eigenvalue weighted by Gasteiger charge is -2.19. The molecule has 1 aromatic rings. The maximum Gasteiger partial charge on any atom is 0.0658 e. The van der Waals surface area contributed by atoms with Gasteiger partial charge in [-0.25, -0.2) is 0 Å². The average molecular weight is 207 g/mol. The van der Waals surface area contributed by atoms with Gasteiger partial charge in [-0.1, -0.05) is 13.8 Å². The number of nitrogens with one attached hydrogen (secondary N) is 1. The Bertz CT molecular complexity index is 318. The van der Waals surface area contributed by atoms with E-state index in [0.717, 1.165) is 6.54 Å². The molecule has 0 saturated heterocycles. The normalized spacial score (nSPS) is 31.0. The Kier molecular flexibility index (Phi) is 3.10. The highest BCUT2D eigenvalue weighted by molar-refractivity contribution is 5.11. The first-order chi connectivity index (χ1) is 7.22. The quantitative estimate of drug-likeness (QED) is 0.820. The van der Waals surface area contributed by atoms with Gasteiger partial charge in [-0.2, -0.15) is 5.10 Å². The summed E-state index contributed by atoms with van der Waals surface area (Å²) in [4.78, 5) is 0. The molecule has 0 aromatic carbocycles. The van der Waals surface area contributed by atoms with Gasteiger partial charge in [0.15, 0.2) is 0 Å². The van der Waals surface area contributed by atoms with Crippen LogP contribution >= 0.6 is 0 Å². The molecule has 1 aliphatic rings. The molecule has 3 heteroatoms. The van der Waals surface area contributed by atoms with E-state index < -0.39 is 0 Å². The Labute approximate surface area is 91.9 Å². The van der Waals surface area contributed by atoms with Gasteiger partial charge in [0.1, 0.15) is 0 Å². The van der Waals surface area contributed by atoms with E-state index in [1.165, 1.54) is 18.5 Å². The topological polar surface area (TPSA) is 29.9 Å². The molecule has 1 heterocycles. The molecule has 0 radical (unpaired) electrons. The zero-order chi connectivity index (χ0) is 10.8. The summed E-state index contributed by atoms with van der Waals surface area (Å²) in [6.07, 6.45) is 4.61. The molecule has 1 fully saturated rings. The van der Waals surface area contributed by atoms with Crippen molar-refractivity contribution in [2.75, 3.05) is 6.54 Å². The third kappa shape index (κ3) is 2.07. The Morgan fingerprint density at radius 1 is 1.53 bits per heavy atom. The van der Waals surface area contributed by atoms with Crippen molar-refractivity contribution in [2.24, 2.45) is 13.0 Å². The van der Waals surface area contributed by atoms with Crippen molar-refractivity contribution < 1.29 is 0 Å². The monoisotopic (exact) mass is 207 g/mol. The predicted molar refractivity (Wildman–Crippen MR) is 61.8 cm³/mol. The first-order valence-corrected chi connectivity index (χ1v) is 5.95. The molecule has 3 nitrogen and oxygen atoms in total. The van der Waals surface area contributed by atoms with Gasteiger partial charge < -0.3 is 5.32 Å². The van der Waals surface area contributed by atoms with E-state index in [1.54, 1.807) is 0 Å². The van der Waals surface area contributed by atoms with Crippen molar-refractivity contribution in [1.82, 2.24) is 15.1 Å². The van der Waals surface area contributed by atoms with E-state index in [9.17, 15) is 0 Å². The van der Waals surface area contributed by atoms with E-state index in [2.05, 4.69) is 30.3 Å². The molecular formula is C12H21N3. The van der Waals surface area contributed by atoms with Gasteiger partial charge in [0.2, 0.25) is 0 Å². The summed E-state index contributed by atoms with van der Waals surface area (Å²) < 4.78 is 1.91. The van der Waals surface area contributed by atoms with Gasteiger partial charge in [-0.3, -0.25) is 4.68 Å². The maximum absolute atomic E-state index is 4.53. The molecule has 15 heavy (non-hydrogen) atoms. The van der Waals surface area contributed by atoms with Crippen molar-refractivity contribution >= 4 is 0 Å². The highest BCUT2D eigenvalue weighted by Gasteiger charge is 2.34. The fourth-order valence-electron chi connectivity index (χ4n) is 2.76. The minimum Gasteiger partial charge on any atom is -0.314 e. The van der Waals surface area contributed by atoms with Crippen LogP contribution in [0.25, 0.3) is 0 Å². The summed E-state index contributed by atoms with van der Waals surface area (Å²) in [6.45, 7) is 5.60. The lowest BCUT2D eigenvalue weighted by molar-refractivity contribution is 0.407. The zero-order valence-electron chi connectivity index (χ0n) is 9.90. The Morgan fingerprint density at radius 2 is 2.33 bits per heavy atom. The van der Waals surface area contributed by atoms with Gasteiger partial charge in [-0.15, -0.1) is 0 Å². The number of hydrogen-bond donors (Lipinski definition) is 1. The van der Waals surface area contributed by atoms with Crippen molar-refractivity contribution in [3.63, 3.8) is 0 Å². The SMILES string of the molecule is CCNC1CCC(c2ccn(C)n2)C1C. The van der Waals surface area contributed by atoms with Crippen molar-refractivity contribution in [3.8, 4) is 0 Å². The van der Waals surface area contributed by atoms with E-state index >= 15 is 0 Å². The van der Waals surface area contributed by atoms with Crippen LogP contribution < -0.4 is 5.32 Å². The number of aryl methyl sites for hydroxylation is 1. The molecule has 1 saturated carbocycles. The van der Waals surface area contributed by atoms with Crippen LogP contribution in [-0.2, 0) is 7.05 Å². The minimum absolute atomic E-state index is 0.648. The summed E-state index contributed by atoms with van der Waals surface area (Å²) >= 11 is 0. The second kappa shape index (κ2) is 4.35. The fourth-order valence-corrected chi connectivity index (χ4v) is 2.76. The van der Waals surface area contributed by atoms with Crippen LogP contribution in [0.3, 0.4) is 0 Å². The number of hydrogen-bond acceptors (Lipinski definition) is 2. The first kappa shape index (κ1) is 10.7. The van der Waals surface area contributed by atoms with E-state index in [-0.39, 0.29) is 0 Å². The average Bonchev–Trinajstić information content (AvgIpc) is 2.76. The smallest absolute Gasteiger partial charge is 0.0658 e. The molecular weight excluding hydrogens is 186 g/mol. The fraction of sp³-hybridized carbons (Fsp3) is 0.750. The molecule has 0 amide bonds. The summed E-state index contributed by atoms with van der Waals surface area (Å²) in [5, 5.41) is 8.09. The molecule has 1 aliphatic carbocycles. The van der Waals surface area contributed by atoms with Crippen LogP contribution in [0.1, 0.15) is 38.3 Å². The summed E-state index contributed by atoms with van der Waals surface area (Å²) in [5.74, 6) is 1.36. The van der Waals surface area contributed by atoms with E-state index in [1.807, 2.05) is 17.9 Å². The third-order valence-corrected chi connectivity index (χ3v) is 3.64. The molecule has 1 aromatic heterocycles. The highest BCUT2D eigenvalue weighted by Crippen LogP contribution is 2.38. The zero-order valence-corrected chi connectivity index (χ0v) is 9.90. The van der Waals surface area contributed by atoms with Crippen LogP contribution in [0.5, 0.6) is 0 Å². The standard InChI is InChI=1S/C12H21N3/c1-4-13-11-6-5-10(9(11)2)12-7-8-15(3)14-12/h7-11,13H,4-6H2,1-3H3. The molecule has 0 aliphatic heterocycles.